The van der Waals surface area contributed by atoms with E-state index < -0.39 is 23.4 Å². The van der Waals surface area contributed by atoms with E-state index in [9.17, 15) is 18.4 Å². The van der Waals surface area contributed by atoms with Crippen molar-refractivity contribution in [2.45, 2.75) is 6.54 Å². The highest BCUT2D eigenvalue weighted by molar-refractivity contribution is 6.05. The first-order valence-corrected chi connectivity index (χ1v) is 8.06. The summed E-state index contributed by atoms with van der Waals surface area (Å²) in [6.07, 6.45) is 2.58. The van der Waals surface area contributed by atoms with Gasteiger partial charge in [-0.25, -0.2) is 8.78 Å². The summed E-state index contributed by atoms with van der Waals surface area (Å²) >= 11 is 0. The SMILES string of the molecule is O=C(NCc1ccccc1)c1cncc(C(=O)Nc2ccc(F)cc2F)c1. The Kier molecular flexibility index (Phi) is 5.51. The van der Waals surface area contributed by atoms with Crippen molar-refractivity contribution < 1.29 is 18.4 Å². The van der Waals surface area contributed by atoms with Gasteiger partial charge in [-0.05, 0) is 23.8 Å². The maximum absolute atomic E-state index is 13.7. The van der Waals surface area contributed by atoms with E-state index in [4.69, 9.17) is 0 Å². The summed E-state index contributed by atoms with van der Waals surface area (Å²) in [6.45, 7) is 0.330. The Labute approximate surface area is 154 Å². The van der Waals surface area contributed by atoms with Crippen molar-refractivity contribution in [2.24, 2.45) is 0 Å². The zero-order valence-electron chi connectivity index (χ0n) is 14.1. The van der Waals surface area contributed by atoms with Crippen LogP contribution < -0.4 is 10.6 Å². The van der Waals surface area contributed by atoms with Crippen LogP contribution in [0.4, 0.5) is 14.5 Å². The lowest BCUT2D eigenvalue weighted by atomic mass is 10.1. The summed E-state index contributed by atoms with van der Waals surface area (Å²) < 4.78 is 26.6. The maximum atomic E-state index is 13.7. The Morgan fingerprint density at radius 3 is 2.30 bits per heavy atom. The molecule has 5 nitrogen and oxygen atoms in total. The smallest absolute Gasteiger partial charge is 0.257 e. The molecule has 2 aromatic carbocycles. The number of hydrogen-bond donors (Lipinski definition) is 2. The van der Waals surface area contributed by atoms with Crippen LogP contribution in [-0.2, 0) is 6.54 Å². The van der Waals surface area contributed by atoms with Gasteiger partial charge in [-0.1, -0.05) is 30.3 Å². The number of benzene rings is 2. The van der Waals surface area contributed by atoms with Crippen molar-refractivity contribution in [3.8, 4) is 0 Å². The zero-order valence-corrected chi connectivity index (χ0v) is 14.1. The number of carbonyl (C=O) groups is 2. The number of nitrogens with zero attached hydrogens (tertiary/aromatic N) is 1. The number of carbonyl (C=O) groups excluding carboxylic acids is 2. The number of pyridine rings is 1. The zero-order chi connectivity index (χ0) is 19.2. The minimum atomic E-state index is -0.895. The summed E-state index contributed by atoms with van der Waals surface area (Å²) in [6, 6.07) is 13.5. The molecule has 0 saturated heterocycles. The molecular formula is C20H15F2N3O2. The second kappa shape index (κ2) is 8.18. The topological polar surface area (TPSA) is 71.1 Å². The summed E-state index contributed by atoms with van der Waals surface area (Å²) in [5, 5.41) is 5.06. The average molecular weight is 367 g/mol. The number of amides is 2. The molecule has 2 N–H and O–H groups in total. The summed E-state index contributed by atoms with van der Waals surface area (Å²) in [4.78, 5) is 28.4. The Hall–Kier alpha value is -3.61. The Balaban J connectivity index is 1.68. The predicted octanol–water partition coefficient (Wildman–Crippen LogP) is 3.54. The van der Waals surface area contributed by atoms with Gasteiger partial charge in [0, 0.05) is 25.0 Å². The molecule has 0 aliphatic rings. The van der Waals surface area contributed by atoms with E-state index in [0.717, 1.165) is 17.7 Å². The number of nitrogens with one attached hydrogen (secondary N) is 2. The fraction of sp³-hybridized carbons (Fsp3) is 0.0500. The van der Waals surface area contributed by atoms with Crippen molar-refractivity contribution in [3.05, 3.63) is 95.3 Å². The highest BCUT2D eigenvalue weighted by Crippen LogP contribution is 2.16. The van der Waals surface area contributed by atoms with Gasteiger partial charge >= 0.3 is 0 Å². The number of anilines is 1. The van der Waals surface area contributed by atoms with Crippen molar-refractivity contribution in [3.63, 3.8) is 0 Å². The predicted molar refractivity (Wildman–Crippen MR) is 96.2 cm³/mol. The second-order valence-corrected chi connectivity index (χ2v) is 5.71. The molecule has 0 aliphatic carbocycles. The van der Waals surface area contributed by atoms with E-state index in [1.807, 2.05) is 30.3 Å². The van der Waals surface area contributed by atoms with Crippen LogP contribution in [0, 0.1) is 11.6 Å². The summed E-state index contributed by atoms with van der Waals surface area (Å²) in [7, 11) is 0. The van der Waals surface area contributed by atoms with Crippen LogP contribution in [0.5, 0.6) is 0 Å². The molecule has 0 bridgehead atoms. The van der Waals surface area contributed by atoms with Crippen molar-refractivity contribution in [1.82, 2.24) is 10.3 Å². The van der Waals surface area contributed by atoms with Crippen LogP contribution in [0.25, 0.3) is 0 Å². The molecule has 1 aromatic heterocycles. The first-order chi connectivity index (χ1) is 13.0. The lowest BCUT2D eigenvalue weighted by Gasteiger charge is -2.08. The molecule has 0 fully saturated rings. The number of rotatable bonds is 5. The molecular weight excluding hydrogens is 352 g/mol. The van der Waals surface area contributed by atoms with E-state index in [-0.39, 0.29) is 16.8 Å². The van der Waals surface area contributed by atoms with Gasteiger partial charge in [0.2, 0.25) is 0 Å². The lowest BCUT2D eigenvalue weighted by Crippen LogP contribution is -2.23. The Bertz CT molecular complexity index is 978. The fourth-order valence-corrected chi connectivity index (χ4v) is 2.35. The van der Waals surface area contributed by atoms with Gasteiger partial charge in [-0.3, -0.25) is 14.6 Å². The van der Waals surface area contributed by atoms with Gasteiger partial charge in [-0.2, -0.15) is 0 Å². The molecule has 27 heavy (non-hydrogen) atoms. The van der Waals surface area contributed by atoms with Crippen LogP contribution in [0.2, 0.25) is 0 Å². The molecule has 3 rings (SSSR count). The van der Waals surface area contributed by atoms with Crippen LogP contribution in [0.1, 0.15) is 26.3 Å². The maximum Gasteiger partial charge on any atom is 0.257 e. The average Bonchev–Trinajstić information content (AvgIpc) is 2.69. The molecule has 136 valence electrons. The van der Waals surface area contributed by atoms with E-state index in [1.54, 1.807) is 0 Å². The van der Waals surface area contributed by atoms with Gasteiger partial charge in [0.1, 0.15) is 11.6 Å². The minimum absolute atomic E-state index is 0.0751. The second-order valence-electron chi connectivity index (χ2n) is 5.71. The highest BCUT2D eigenvalue weighted by atomic mass is 19.1. The van der Waals surface area contributed by atoms with Gasteiger partial charge in [0.25, 0.3) is 11.8 Å². The first-order valence-electron chi connectivity index (χ1n) is 8.06. The minimum Gasteiger partial charge on any atom is -0.348 e. The van der Waals surface area contributed by atoms with Crippen LogP contribution in [0.3, 0.4) is 0 Å². The Morgan fingerprint density at radius 2 is 1.59 bits per heavy atom. The van der Waals surface area contributed by atoms with Crippen molar-refractivity contribution in [1.29, 1.82) is 0 Å². The van der Waals surface area contributed by atoms with E-state index in [2.05, 4.69) is 15.6 Å². The quantitative estimate of drug-likeness (QED) is 0.725. The normalized spacial score (nSPS) is 10.3. The molecule has 0 aliphatic heterocycles. The number of halogens is 2. The third kappa shape index (κ3) is 4.72. The molecule has 0 atom stereocenters. The highest BCUT2D eigenvalue weighted by Gasteiger charge is 2.13. The van der Waals surface area contributed by atoms with Gasteiger partial charge in [0.05, 0.1) is 16.8 Å². The van der Waals surface area contributed by atoms with Gasteiger partial charge in [0.15, 0.2) is 0 Å². The van der Waals surface area contributed by atoms with Gasteiger partial charge in [-0.15, -0.1) is 0 Å². The van der Waals surface area contributed by atoms with E-state index in [1.165, 1.54) is 18.5 Å². The molecule has 1 heterocycles. The fourth-order valence-electron chi connectivity index (χ4n) is 2.35. The summed E-state index contributed by atoms with van der Waals surface area (Å²) in [5.74, 6) is -2.70. The summed E-state index contributed by atoms with van der Waals surface area (Å²) in [5.41, 5.74) is 1.03. The van der Waals surface area contributed by atoms with E-state index in [0.29, 0.717) is 12.6 Å². The van der Waals surface area contributed by atoms with Crippen LogP contribution >= 0.6 is 0 Å². The third-order valence-electron chi connectivity index (χ3n) is 3.74. The van der Waals surface area contributed by atoms with Crippen LogP contribution in [0.15, 0.2) is 67.0 Å². The number of hydrogen-bond acceptors (Lipinski definition) is 3. The lowest BCUT2D eigenvalue weighted by molar-refractivity contribution is 0.0950. The van der Waals surface area contributed by atoms with Crippen molar-refractivity contribution in [2.75, 3.05) is 5.32 Å². The Morgan fingerprint density at radius 1 is 0.889 bits per heavy atom. The molecule has 3 aromatic rings. The van der Waals surface area contributed by atoms with E-state index >= 15 is 0 Å². The first kappa shape index (κ1) is 18.2. The van der Waals surface area contributed by atoms with Crippen LogP contribution in [-0.4, -0.2) is 16.8 Å². The molecule has 0 saturated carbocycles. The molecule has 0 unspecified atom stereocenters. The molecule has 2 amide bonds. The molecule has 0 spiro atoms. The standard InChI is InChI=1S/C20H15F2N3O2/c21-16-6-7-18(17(22)9-16)25-20(27)15-8-14(11-23-12-15)19(26)24-10-13-4-2-1-3-5-13/h1-9,11-12H,10H2,(H,24,26)(H,25,27). The monoisotopic (exact) mass is 367 g/mol. The molecule has 7 heteroatoms. The number of aromatic nitrogens is 1. The van der Waals surface area contributed by atoms with Crippen molar-refractivity contribution >= 4 is 17.5 Å². The largest absolute Gasteiger partial charge is 0.348 e. The third-order valence-corrected chi connectivity index (χ3v) is 3.74. The van der Waals surface area contributed by atoms with Gasteiger partial charge < -0.3 is 10.6 Å². The molecule has 0 radical (unpaired) electrons.